The van der Waals surface area contributed by atoms with Crippen LogP contribution < -0.4 is 15.0 Å². The number of nitrogens with zero attached hydrogens (tertiary/aromatic N) is 2. The van der Waals surface area contributed by atoms with Crippen LogP contribution in [-0.2, 0) is 6.42 Å². The van der Waals surface area contributed by atoms with E-state index >= 15 is 0 Å². The smallest absolute Gasteiger partial charge is 0.259 e. The number of aromatic nitrogens is 1. The van der Waals surface area contributed by atoms with Gasteiger partial charge in [0.1, 0.15) is 5.75 Å². The molecule has 2 aromatic carbocycles. The molecule has 146 valence electrons. The Balaban J connectivity index is 1.57. The van der Waals surface area contributed by atoms with E-state index in [9.17, 15) is 9.59 Å². The lowest BCUT2D eigenvalue weighted by molar-refractivity contribution is 0.0987. The standard InChI is InChI=1S/C23H21N3O3/c1-2-29-21-6-4-3-5-19(21)22(27)25-18-8-7-16-11-14-26(20(16)15-18)23(28)17-9-12-24-13-10-17/h3-10,12-13,15H,2,11,14H2,1H3,(H,25,27). The zero-order valence-electron chi connectivity index (χ0n) is 16.1. The molecule has 1 aromatic heterocycles. The van der Waals surface area contributed by atoms with Gasteiger partial charge in [0.15, 0.2) is 0 Å². The van der Waals surface area contributed by atoms with Crippen molar-refractivity contribution in [3.05, 3.63) is 83.7 Å². The first kappa shape index (κ1) is 18.7. The van der Waals surface area contributed by atoms with Crippen LogP contribution in [0.25, 0.3) is 0 Å². The van der Waals surface area contributed by atoms with Crippen LogP contribution in [0.2, 0.25) is 0 Å². The Hall–Kier alpha value is -3.67. The highest BCUT2D eigenvalue weighted by molar-refractivity contribution is 6.09. The molecule has 1 aliphatic rings. The number of para-hydroxylation sites is 1. The summed E-state index contributed by atoms with van der Waals surface area (Å²) >= 11 is 0. The quantitative estimate of drug-likeness (QED) is 0.720. The topological polar surface area (TPSA) is 71.5 Å². The highest BCUT2D eigenvalue weighted by Crippen LogP contribution is 2.32. The lowest BCUT2D eigenvalue weighted by Crippen LogP contribution is -2.28. The predicted molar refractivity (Wildman–Crippen MR) is 112 cm³/mol. The number of carbonyl (C=O) groups excluding carboxylic acids is 2. The molecule has 2 amide bonds. The monoisotopic (exact) mass is 387 g/mol. The average molecular weight is 387 g/mol. The van der Waals surface area contributed by atoms with Crippen molar-refractivity contribution in [2.75, 3.05) is 23.4 Å². The number of hydrogen-bond acceptors (Lipinski definition) is 4. The van der Waals surface area contributed by atoms with E-state index in [1.807, 2.05) is 31.2 Å². The van der Waals surface area contributed by atoms with Crippen molar-refractivity contribution in [1.82, 2.24) is 4.98 Å². The number of anilines is 2. The summed E-state index contributed by atoms with van der Waals surface area (Å²) in [6, 6.07) is 16.2. The van der Waals surface area contributed by atoms with E-state index in [0.29, 0.717) is 35.7 Å². The van der Waals surface area contributed by atoms with Gasteiger partial charge in [-0.3, -0.25) is 14.6 Å². The van der Waals surface area contributed by atoms with Crippen molar-refractivity contribution >= 4 is 23.2 Å². The molecule has 0 saturated heterocycles. The summed E-state index contributed by atoms with van der Waals surface area (Å²) in [5.74, 6) is 0.221. The number of rotatable bonds is 5. The third kappa shape index (κ3) is 3.82. The van der Waals surface area contributed by atoms with Gasteiger partial charge < -0.3 is 15.0 Å². The number of amides is 2. The molecule has 0 atom stereocenters. The summed E-state index contributed by atoms with van der Waals surface area (Å²) in [6.07, 6.45) is 4.00. The van der Waals surface area contributed by atoms with Crippen molar-refractivity contribution in [3.63, 3.8) is 0 Å². The molecule has 4 rings (SSSR count). The molecule has 29 heavy (non-hydrogen) atoms. The summed E-state index contributed by atoms with van der Waals surface area (Å²) in [4.78, 5) is 31.4. The Labute approximate surface area is 169 Å². The molecule has 6 nitrogen and oxygen atoms in total. The normalized spacial score (nSPS) is 12.4. The fraction of sp³-hybridized carbons (Fsp3) is 0.174. The van der Waals surface area contributed by atoms with Crippen molar-refractivity contribution in [3.8, 4) is 5.75 Å². The number of benzene rings is 2. The lowest BCUT2D eigenvalue weighted by Gasteiger charge is -2.18. The highest BCUT2D eigenvalue weighted by atomic mass is 16.5. The van der Waals surface area contributed by atoms with Gasteiger partial charge in [0.2, 0.25) is 0 Å². The summed E-state index contributed by atoms with van der Waals surface area (Å²) < 4.78 is 5.55. The van der Waals surface area contributed by atoms with Crippen LogP contribution in [0, 0.1) is 0 Å². The van der Waals surface area contributed by atoms with E-state index in [4.69, 9.17) is 4.74 Å². The molecule has 0 radical (unpaired) electrons. The number of ether oxygens (including phenoxy) is 1. The van der Waals surface area contributed by atoms with E-state index < -0.39 is 0 Å². The second-order valence-corrected chi connectivity index (χ2v) is 6.67. The fourth-order valence-electron chi connectivity index (χ4n) is 3.45. The van der Waals surface area contributed by atoms with Crippen molar-refractivity contribution in [2.45, 2.75) is 13.3 Å². The molecule has 0 spiro atoms. The molecular formula is C23H21N3O3. The number of nitrogens with one attached hydrogen (secondary N) is 1. The maximum atomic E-state index is 12.9. The van der Waals surface area contributed by atoms with Crippen LogP contribution in [0.1, 0.15) is 33.2 Å². The Kier molecular flexibility index (Phi) is 5.24. The van der Waals surface area contributed by atoms with E-state index in [1.54, 1.807) is 47.6 Å². The SMILES string of the molecule is CCOc1ccccc1C(=O)Nc1ccc2c(c1)N(C(=O)c1ccncc1)CC2. The minimum absolute atomic E-state index is 0.0729. The van der Waals surface area contributed by atoms with E-state index in [1.165, 1.54) is 0 Å². The highest BCUT2D eigenvalue weighted by Gasteiger charge is 2.26. The average Bonchev–Trinajstić information content (AvgIpc) is 3.17. The molecular weight excluding hydrogens is 366 g/mol. The van der Waals surface area contributed by atoms with Gasteiger partial charge in [-0.15, -0.1) is 0 Å². The molecule has 0 bridgehead atoms. The van der Waals surface area contributed by atoms with Crippen molar-refractivity contribution in [1.29, 1.82) is 0 Å². The summed E-state index contributed by atoms with van der Waals surface area (Å²) in [5.41, 5.74) is 3.60. The maximum Gasteiger partial charge on any atom is 0.259 e. The summed E-state index contributed by atoms with van der Waals surface area (Å²) in [6.45, 7) is 2.97. The van der Waals surface area contributed by atoms with Gasteiger partial charge in [0.25, 0.3) is 11.8 Å². The molecule has 0 fully saturated rings. The van der Waals surface area contributed by atoms with Crippen LogP contribution in [0.3, 0.4) is 0 Å². The zero-order valence-corrected chi connectivity index (χ0v) is 16.1. The minimum atomic E-state index is -0.251. The summed E-state index contributed by atoms with van der Waals surface area (Å²) in [7, 11) is 0. The number of hydrogen-bond donors (Lipinski definition) is 1. The first-order valence-corrected chi connectivity index (χ1v) is 9.55. The summed E-state index contributed by atoms with van der Waals surface area (Å²) in [5, 5.41) is 2.92. The molecule has 1 N–H and O–H groups in total. The van der Waals surface area contributed by atoms with Gasteiger partial charge >= 0.3 is 0 Å². The van der Waals surface area contributed by atoms with Crippen molar-refractivity contribution < 1.29 is 14.3 Å². The third-order valence-electron chi connectivity index (χ3n) is 4.84. The van der Waals surface area contributed by atoms with E-state index in [2.05, 4.69) is 10.3 Å². The van der Waals surface area contributed by atoms with Gasteiger partial charge in [-0.2, -0.15) is 0 Å². The van der Waals surface area contributed by atoms with Gasteiger partial charge in [0, 0.05) is 35.9 Å². The molecule has 6 heteroatoms. The van der Waals surface area contributed by atoms with E-state index in [-0.39, 0.29) is 11.8 Å². The van der Waals surface area contributed by atoms with Crippen molar-refractivity contribution in [2.24, 2.45) is 0 Å². The van der Waals surface area contributed by atoms with Crippen LogP contribution in [-0.4, -0.2) is 29.9 Å². The molecule has 3 aromatic rings. The largest absolute Gasteiger partial charge is 0.493 e. The van der Waals surface area contributed by atoms with Crippen LogP contribution in [0.4, 0.5) is 11.4 Å². The predicted octanol–water partition coefficient (Wildman–Crippen LogP) is 3.94. The van der Waals surface area contributed by atoms with Gasteiger partial charge in [-0.25, -0.2) is 0 Å². The maximum absolute atomic E-state index is 12.9. The number of pyridine rings is 1. The Morgan fingerprint density at radius 1 is 1.10 bits per heavy atom. The molecule has 1 aliphatic heterocycles. The van der Waals surface area contributed by atoms with Crippen LogP contribution >= 0.6 is 0 Å². The first-order valence-electron chi connectivity index (χ1n) is 9.55. The second kappa shape index (κ2) is 8.14. The first-order chi connectivity index (χ1) is 14.2. The lowest BCUT2D eigenvalue weighted by atomic mass is 10.1. The fourth-order valence-corrected chi connectivity index (χ4v) is 3.45. The van der Waals surface area contributed by atoms with Gasteiger partial charge in [-0.1, -0.05) is 18.2 Å². The Morgan fingerprint density at radius 2 is 1.90 bits per heavy atom. The minimum Gasteiger partial charge on any atom is -0.493 e. The van der Waals surface area contributed by atoms with Crippen LogP contribution in [0.15, 0.2) is 67.0 Å². The third-order valence-corrected chi connectivity index (χ3v) is 4.84. The van der Waals surface area contributed by atoms with Gasteiger partial charge in [0.05, 0.1) is 12.2 Å². The molecule has 0 saturated carbocycles. The number of carbonyl (C=O) groups is 2. The second-order valence-electron chi connectivity index (χ2n) is 6.67. The van der Waals surface area contributed by atoms with Gasteiger partial charge in [-0.05, 0) is 55.3 Å². The van der Waals surface area contributed by atoms with Crippen LogP contribution in [0.5, 0.6) is 5.75 Å². The molecule has 0 aliphatic carbocycles. The Bertz CT molecular complexity index is 1050. The van der Waals surface area contributed by atoms with E-state index in [0.717, 1.165) is 17.7 Å². The number of fused-ring (bicyclic) bond motifs is 1. The molecule has 0 unspecified atom stereocenters. The Morgan fingerprint density at radius 3 is 2.69 bits per heavy atom. The molecule has 2 heterocycles. The zero-order chi connectivity index (χ0) is 20.2.